The first-order chi connectivity index (χ1) is 10.7. The SMILES string of the molecule is COc1ccc2sc(C(=O)NCCC(O)C(F)(F)F)c(C)c2c1. The summed E-state index contributed by atoms with van der Waals surface area (Å²) in [6.07, 6.45) is -7.68. The molecule has 8 heteroatoms. The normalized spacial score (nSPS) is 13.1. The van der Waals surface area contributed by atoms with Crippen molar-refractivity contribution >= 4 is 27.3 Å². The van der Waals surface area contributed by atoms with E-state index < -0.39 is 24.6 Å². The molecule has 2 aromatic rings. The highest BCUT2D eigenvalue weighted by Gasteiger charge is 2.37. The number of hydrogen-bond donors (Lipinski definition) is 2. The standard InChI is InChI=1S/C15H16F3NO3S/c1-8-10-7-9(22-2)3-4-11(10)23-13(8)14(21)19-6-5-12(20)15(16,17)18/h3-4,7,12,20H,5-6H2,1-2H3,(H,19,21). The Bertz CT molecular complexity index is 712. The molecule has 1 aromatic carbocycles. The molecule has 0 aliphatic rings. The van der Waals surface area contributed by atoms with Gasteiger partial charge in [0.1, 0.15) is 5.75 Å². The Morgan fingerprint density at radius 3 is 2.74 bits per heavy atom. The monoisotopic (exact) mass is 347 g/mol. The van der Waals surface area contributed by atoms with Crippen molar-refractivity contribution in [2.75, 3.05) is 13.7 Å². The van der Waals surface area contributed by atoms with Gasteiger partial charge in [0.25, 0.3) is 5.91 Å². The van der Waals surface area contributed by atoms with E-state index in [0.717, 1.165) is 15.6 Å². The van der Waals surface area contributed by atoms with E-state index in [4.69, 9.17) is 9.84 Å². The van der Waals surface area contributed by atoms with Crippen LogP contribution in [-0.2, 0) is 0 Å². The highest BCUT2D eigenvalue weighted by Crippen LogP contribution is 2.33. The molecule has 0 aliphatic carbocycles. The number of carbonyl (C=O) groups is 1. The van der Waals surface area contributed by atoms with E-state index in [9.17, 15) is 18.0 Å². The maximum atomic E-state index is 12.2. The largest absolute Gasteiger partial charge is 0.497 e. The van der Waals surface area contributed by atoms with E-state index >= 15 is 0 Å². The Morgan fingerprint density at radius 1 is 1.43 bits per heavy atom. The second-order valence-electron chi connectivity index (χ2n) is 5.02. The molecule has 1 aromatic heterocycles. The van der Waals surface area contributed by atoms with Gasteiger partial charge in [-0.25, -0.2) is 0 Å². The lowest BCUT2D eigenvalue weighted by Crippen LogP contribution is -2.34. The summed E-state index contributed by atoms with van der Waals surface area (Å²) < 4.78 is 42.6. The van der Waals surface area contributed by atoms with Crippen molar-refractivity contribution < 1.29 is 27.8 Å². The van der Waals surface area contributed by atoms with Crippen molar-refractivity contribution in [3.05, 3.63) is 28.6 Å². The first kappa shape index (κ1) is 17.6. The smallest absolute Gasteiger partial charge is 0.414 e. The molecule has 1 unspecified atom stereocenters. The van der Waals surface area contributed by atoms with E-state index in [1.165, 1.54) is 11.3 Å². The van der Waals surface area contributed by atoms with Gasteiger partial charge >= 0.3 is 6.18 Å². The average molecular weight is 347 g/mol. The summed E-state index contributed by atoms with van der Waals surface area (Å²) in [7, 11) is 1.54. The van der Waals surface area contributed by atoms with Crippen LogP contribution in [0, 0.1) is 6.92 Å². The van der Waals surface area contributed by atoms with Gasteiger partial charge in [0.15, 0.2) is 6.10 Å². The molecule has 0 aliphatic heterocycles. The fourth-order valence-corrected chi connectivity index (χ4v) is 3.22. The molecule has 0 bridgehead atoms. The summed E-state index contributed by atoms with van der Waals surface area (Å²) in [5.41, 5.74) is 0.748. The fraction of sp³-hybridized carbons (Fsp3) is 0.400. The van der Waals surface area contributed by atoms with Gasteiger partial charge in [-0.3, -0.25) is 4.79 Å². The number of amides is 1. The van der Waals surface area contributed by atoms with Crippen molar-refractivity contribution in [3.63, 3.8) is 0 Å². The van der Waals surface area contributed by atoms with Crippen molar-refractivity contribution in [1.82, 2.24) is 5.32 Å². The highest BCUT2D eigenvalue weighted by atomic mass is 32.1. The number of ether oxygens (including phenoxy) is 1. The topological polar surface area (TPSA) is 58.6 Å². The molecule has 0 fully saturated rings. The molecule has 1 atom stereocenters. The molecule has 2 N–H and O–H groups in total. The van der Waals surface area contributed by atoms with E-state index in [0.29, 0.717) is 10.6 Å². The molecule has 2 rings (SSSR count). The van der Waals surface area contributed by atoms with Crippen LogP contribution in [-0.4, -0.2) is 36.9 Å². The maximum Gasteiger partial charge on any atom is 0.414 e. The van der Waals surface area contributed by atoms with E-state index in [1.54, 1.807) is 20.1 Å². The minimum absolute atomic E-state index is 0.253. The minimum atomic E-state index is -4.67. The molecule has 0 saturated carbocycles. The van der Waals surface area contributed by atoms with Crippen LogP contribution in [0.3, 0.4) is 0 Å². The number of fused-ring (bicyclic) bond motifs is 1. The third-order valence-corrected chi connectivity index (χ3v) is 4.70. The molecule has 0 radical (unpaired) electrons. The summed E-state index contributed by atoms with van der Waals surface area (Å²) in [4.78, 5) is 12.6. The van der Waals surface area contributed by atoms with Crippen LogP contribution >= 0.6 is 11.3 Å². The first-order valence-corrected chi connectivity index (χ1v) is 7.65. The Balaban J connectivity index is 2.08. The zero-order valence-electron chi connectivity index (χ0n) is 12.5. The van der Waals surface area contributed by atoms with Gasteiger partial charge < -0.3 is 15.2 Å². The van der Waals surface area contributed by atoms with Crippen molar-refractivity contribution in [2.24, 2.45) is 0 Å². The number of alkyl halides is 3. The zero-order chi connectivity index (χ0) is 17.2. The quantitative estimate of drug-likeness (QED) is 0.873. The van der Waals surface area contributed by atoms with E-state index in [-0.39, 0.29) is 6.54 Å². The van der Waals surface area contributed by atoms with Gasteiger partial charge in [-0.05, 0) is 42.5 Å². The second kappa shape index (κ2) is 6.76. The second-order valence-corrected chi connectivity index (χ2v) is 6.07. The van der Waals surface area contributed by atoms with Crippen molar-refractivity contribution in [2.45, 2.75) is 25.6 Å². The van der Waals surface area contributed by atoms with Crippen molar-refractivity contribution in [1.29, 1.82) is 0 Å². The molecular weight excluding hydrogens is 331 g/mol. The predicted octanol–water partition coefficient (Wildman–Crippen LogP) is 3.26. The number of thiophene rings is 1. The molecule has 23 heavy (non-hydrogen) atoms. The van der Waals surface area contributed by atoms with Crippen LogP contribution in [0.2, 0.25) is 0 Å². The van der Waals surface area contributed by atoms with Crippen LogP contribution < -0.4 is 10.1 Å². The van der Waals surface area contributed by atoms with E-state index in [2.05, 4.69) is 5.32 Å². The number of nitrogens with one attached hydrogen (secondary N) is 1. The lowest BCUT2D eigenvalue weighted by molar-refractivity contribution is -0.204. The Morgan fingerprint density at radius 2 is 2.13 bits per heavy atom. The number of halogens is 3. The van der Waals surface area contributed by atoms with E-state index in [1.807, 2.05) is 12.1 Å². The first-order valence-electron chi connectivity index (χ1n) is 6.84. The number of hydrogen-bond acceptors (Lipinski definition) is 4. The lowest BCUT2D eigenvalue weighted by Gasteiger charge is -2.14. The number of aliphatic hydroxyl groups is 1. The summed E-state index contributed by atoms with van der Waals surface area (Å²) >= 11 is 1.26. The summed E-state index contributed by atoms with van der Waals surface area (Å²) in [6.45, 7) is 1.52. The highest BCUT2D eigenvalue weighted by molar-refractivity contribution is 7.21. The van der Waals surface area contributed by atoms with Gasteiger partial charge in [-0.2, -0.15) is 13.2 Å². The maximum absolute atomic E-state index is 12.2. The molecule has 4 nitrogen and oxygen atoms in total. The van der Waals surface area contributed by atoms with Crippen LogP contribution in [0.15, 0.2) is 18.2 Å². The lowest BCUT2D eigenvalue weighted by atomic mass is 10.1. The summed E-state index contributed by atoms with van der Waals surface area (Å²) in [5.74, 6) is 0.218. The molecule has 0 spiro atoms. The average Bonchev–Trinajstić information content (AvgIpc) is 2.82. The fourth-order valence-electron chi connectivity index (χ4n) is 2.11. The van der Waals surface area contributed by atoms with Gasteiger partial charge in [0, 0.05) is 11.2 Å². The summed E-state index contributed by atoms with van der Waals surface area (Å²) in [6, 6.07) is 5.42. The van der Waals surface area contributed by atoms with Crippen LogP contribution in [0.25, 0.3) is 10.1 Å². The van der Waals surface area contributed by atoms with Gasteiger partial charge in [-0.15, -0.1) is 11.3 Å². The number of methoxy groups -OCH3 is 1. The van der Waals surface area contributed by atoms with Crippen LogP contribution in [0.4, 0.5) is 13.2 Å². The molecule has 1 amide bonds. The number of aliphatic hydroxyl groups excluding tert-OH is 1. The number of rotatable bonds is 5. The number of aryl methyl sites for hydroxylation is 1. The Hall–Kier alpha value is -1.80. The molecular formula is C15H16F3NO3S. The van der Waals surface area contributed by atoms with Gasteiger partial charge in [0.2, 0.25) is 0 Å². The third kappa shape index (κ3) is 3.94. The predicted molar refractivity (Wildman–Crippen MR) is 82.1 cm³/mol. The van der Waals surface area contributed by atoms with Crippen LogP contribution in [0.5, 0.6) is 5.75 Å². The molecule has 0 saturated heterocycles. The van der Waals surface area contributed by atoms with Gasteiger partial charge in [-0.1, -0.05) is 0 Å². The summed E-state index contributed by atoms with van der Waals surface area (Å²) in [5, 5.41) is 12.2. The number of benzene rings is 1. The molecule has 126 valence electrons. The van der Waals surface area contributed by atoms with Crippen molar-refractivity contribution in [3.8, 4) is 5.75 Å². The molecule has 1 heterocycles. The Kier molecular flexibility index (Phi) is 5.16. The Labute approximate surface area is 134 Å². The minimum Gasteiger partial charge on any atom is -0.497 e. The third-order valence-electron chi connectivity index (χ3n) is 3.43. The van der Waals surface area contributed by atoms with Crippen LogP contribution in [0.1, 0.15) is 21.7 Å². The zero-order valence-corrected chi connectivity index (χ0v) is 13.3. The van der Waals surface area contributed by atoms with Gasteiger partial charge in [0.05, 0.1) is 12.0 Å². The number of carbonyl (C=O) groups excluding carboxylic acids is 1.